The monoisotopic (exact) mass is 232 g/mol. The molecule has 0 aliphatic carbocycles. The van der Waals surface area contributed by atoms with E-state index in [9.17, 15) is 13.0 Å². The number of fused-ring (bicyclic) bond motifs is 1. The molecule has 0 bridgehead atoms. The second-order valence-electron chi connectivity index (χ2n) is 3.07. The van der Waals surface area contributed by atoms with E-state index in [0.717, 1.165) is 5.56 Å². The van der Waals surface area contributed by atoms with Gasteiger partial charge < -0.3 is 4.55 Å². The Hall–Kier alpha value is -0.560. The molecular formula is C8H8O4S2. The van der Waals surface area contributed by atoms with Gasteiger partial charge in [0.25, 0.3) is 4.58 Å². The summed E-state index contributed by atoms with van der Waals surface area (Å²) in [5.74, 6) is 0.195. The van der Waals surface area contributed by atoms with Gasteiger partial charge in [0.05, 0.1) is 0 Å². The number of hydrogen-bond donors (Lipinski definition) is 1. The molecule has 0 saturated heterocycles. The molecule has 1 aromatic carbocycles. The molecule has 0 saturated carbocycles. The minimum absolute atomic E-state index is 0.195. The maximum atomic E-state index is 11.4. The first-order valence-corrected chi connectivity index (χ1v) is 6.80. The van der Waals surface area contributed by atoms with E-state index < -0.39 is 25.9 Å². The summed E-state index contributed by atoms with van der Waals surface area (Å²) < 4.78 is 41.0. The highest BCUT2D eigenvalue weighted by molar-refractivity contribution is 8.05. The second kappa shape index (κ2) is 3.23. The second-order valence-corrected chi connectivity index (χ2v) is 6.39. The average molecular weight is 232 g/mol. The van der Waals surface area contributed by atoms with E-state index in [2.05, 4.69) is 0 Å². The van der Waals surface area contributed by atoms with Gasteiger partial charge in [-0.2, -0.15) is 8.42 Å². The summed E-state index contributed by atoms with van der Waals surface area (Å²) in [4.78, 5) is 0. The molecule has 2 rings (SSSR count). The van der Waals surface area contributed by atoms with E-state index in [0.29, 0.717) is 5.56 Å². The minimum Gasteiger partial charge on any atom is -0.615 e. The Kier molecular flexibility index (Phi) is 2.30. The van der Waals surface area contributed by atoms with Crippen molar-refractivity contribution in [3.05, 3.63) is 35.4 Å². The lowest BCUT2D eigenvalue weighted by Gasteiger charge is -2.10. The fraction of sp³-hybridized carbons (Fsp3) is 0.250. The fourth-order valence-corrected chi connectivity index (χ4v) is 4.64. The molecule has 1 aliphatic rings. The lowest BCUT2D eigenvalue weighted by Crippen LogP contribution is -2.17. The minimum atomic E-state index is -4.27. The van der Waals surface area contributed by atoms with E-state index in [4.69, 9.17) is 4.55 Å². The summed E-state index contributed by atoms with van der Waals surface area (Å²) in [7, 11) is -4.27. The van der Waals surface area contributed by atoms with Crippen LogP contribution in [-0.2, 0) is 27.0 Å². The zero-order valence-corrected chi connectivity index (χ0v) is 8.72. The summed E-state index contributed by atoms with van der Waals surface area (Å²) in [6.07, 6.45) is 0. The summed E-state index contributed by atoms with van der Waals surface area (Å²) in [5, 5.41) is 0. The summed E-state index contributed by atoms with van der Waals surface area (Å²) >= 11 is -1.56. The van der Waals surface area contributed by atoms with Crippen LogP contribution in [0.15, 0.2) is 24.3 Å². The average Bonchev–Trinajstić information content (AvgIpc) is 2.38. The quantitative estimate of drug-likeness (QED) is 0.575. The molecule has 14 heavy (non-hydrogen) atoms. The maximum Gasteiger partial charge on any atom is 0.319 e. The Labute approximate surface area is 84.9 Å². The standard InChI is InChI=1S/C8H8O4S2/c9-13-5-6-3-1-2-4-7(6)8(13)14(10,11)12/h1-4,8H,5H2,(H,10,11,12). The largest absolute Gasteiger partial charge is 0.615 e. The molecule has 1 heterocycles. The summed E-state index contributed by atoms with van der Waals surface area (Å²) in [6, 6.07) is 6.72. The molecule has 2 atom stereocenters. The molecule has 0 aromatic heterocycles. The van der Waals surface area contributed by atoms with Crippen molar-refractivity contribution in [3.8, 4) is 0 Å². The van der Waals surface area contributed by atoms with Crippen LogP contribution in [0.2, 0.25) is 0 Å². The van der Waals surface area contributed by atoms with Crippen molar-refractivity contribution in [2.24, 2.45) is 0 Å². The van der Waals surface area contributed by atoms with Gasteiger partial charge in [0, 0.05) is 11.1 Å². The van der Waals surface area contributed by atoms with Crippen LogP contribution in [0, 0.1) is 0 Å². The van der Waals surface area contributed by atoms with Gasteiger partial charge in [-0.25, -0.2) is 0 Å². The van der Waals surface area contributed by atoms with Gasteiger partial charge in [-0.3, -0.25) is 4.55 Å². The van der Waals surface area contributed by atoms with E-state index >= 15 is 0 Å². The molecular weight excluding hydrogens is 224 g/mol. The smallest absolute Gasteiger partial charge is 0.319 e. The number of rotatable bonds is 1. The third-order valence-electron chi connectivity index (χ3n) is 2.12. The molecule has 1 aliphatic heterocycles. The Morgan fingerprint density at radius 3 is 2.71 bits per heavy atom. The summed E-state index contributed by atoms with van der Waals surface area (Å²) in [5.41, 5.74) is 1.18. The van der Waals surface area contributed by atoms with Crippen molar-refractivity contribution in [1.29, 1.82) is 0 Å². The van der Waals surface area contributed by atoms with Crippen molar-refractivity contribution in [1.82, 2.24) is 0 Å². The van der Waals surface area contributed by atoms with Crippen LogP contribution in [-0.4, -0.2) is 17.5 Å². The summed E-state index contributed by atoms with van der Waals surface area (Å²) in [6.45, 7) is 0. The Morgan fingerprint density at radius 1 is 1.43 bits per heavy atom. The van der Waals surface area contributed by atoms with Crippen LogP contribution in [0.1, 0.15) is 15.7 Å². The van der Waals surface area contributed by atoms with E-state index in [1.54, 1.807) is 24.3 Å². The van der Waals surface area contributed by atoms with Crippen molar-refractivity contribution < 1.29 is 17.5 Å². The van der Waals surface area contributed by atoms with Gasteiger partial charge in [-0.05, 0) is 11.2 Å². The van der Waals surface area contributed by atoms with E-state index in [1.165, 1.54) is 0 Å². The van der Waals surface area contributed by atoms with Crippen LogP contribution >= 0.6 is 0 Å². The molecule has 2 unspecified atom stereocenters. The van der Waals surface area contributed by atoms with Gasteiger partial charge in [-0.1, -0.05) is 24.3 Å². The van der Waals surface area contributed by atoms with Gasteiger partial charge >= 0.3 is 10.1 Å². The van der Waals surface area contributed by atoms with Crippen molar-refractivity contribution in [2.75, 3.05) is 0 Å². The Balaban J connectivity index is 2.56. The molecule has 1 N–H and O–H groups in total. The third-order valence-corrected chi connectivity index (χ3v) is 5.61. The van der Waals surface area contributed by atoms with Crippen LogP contribution < -0.4 is 0 Å². The SMILES string of the molecule is O=S(=O)(O)C1c2ccccc2C[S+]1[O-]. The predicted molar refractivity (Wildman–Crippen MR) is 52.6 cm³/mol. The van der Waals surface area contributed by atoms with Gasteiger partial charge in [0.2, 0.25) is 0 Å². The lowest BCUT2D eigenvalue weighted by molar-refractivity contribution is 0.478. The highest BCUT2D eigenvalue weighted by Gasteiger charge is 2.43. The molecule has 0 amide bonds. The van der Waals surface area contributed by atoms with Gasteiger partial charge in [0.1, 0.15) is 5.75 Å². The lowest BCUT2D eigenvalue weighted by atomic mass is 10.1. The van der Waals surface area contributed by atoms with Gasteiger partial charge in [-0.15, -0.1) is 0 Å². The topological polar surface area (TPSA) is 77.4 Å². The highest BCUT2D eigenvalue weighted by Crippen LogP contribution is 2.39. The normalized spacial score (nSPS) is 26.1. The molecule has 4 nitrogen and oxygen atoms in total. The zero-order chi connectivity index (χ0) is 10.3. The van der Waals surface area contributed by atoms with Crippen LogP contribution in [0.25, 0.3) is 0 Å². The Bertz CT molecular complexity index is 454. The molecule has 6 heteroatoms. The van der Waals surface area contributed by atoms with Crippen molar-refractivity contribution in [2.45, 2.75) is 10.3 Å². The molecule has 0 fully saturated rings. The van der Waals surface area contributed by atoms with Crippen LogP contribution in [0.3, 0.4) is 0 Å². The predicted octanol–water partition coefficient (Wildman–Crippen LogP) is 0.835. The molecule has 0 radical (unpaired) electrons. The fourth-order valence-electron chi connectivity index (χ4n) is 1.56. The highest BCUT2D eigenvalue weighted by atomic mass is 32.3. The maximum absolute atomic E-state index is 11.4. The first-order chi connectivity index (χ1) is 6.50. The van der Waals surface area contributed by atoms with Crippen LogP contribution in [0.5, 0.6) is 0 Å². The van der Waals surface area contributed by atoms with Crippen molar-refractivity contribution >= 4 is 21.3 Å². The van der Waals surface area contributed by atoms with Gasteiger partial charge in [0.15, 0.2) is 0 Å². The van der Waals surface area contributed by atoms with E-state index in [1.807, 2.05) is 0 Å². The molecule has 76 valence electrons. The first kappa shape index (κ1) is 9.97. The van der Waals surface area contributed by atoms with Crippen molar-refractivity contribution in [3.63, 3.8) is 0 Å². The number of benzene rings is 1. The van der Waals surface area contributed by atoms with Crippen LogP contribution in [0.4, 0.5) is 0 Å². The number of hydrogen-bond acceptors (Lipinski definition) is 3. The van der Waals surface area contributed by atoms with E-state index in [-0.39, 0.29) is 5.75 Å². The third kappa shape index (κ3) is 1.54. The molecule has 1 aromatic rings. The first-order valence-electron chi connectivity index (χ1n) is 3.91. The Morgan fingerprint density at radius 2 is 2.07 bits per heavy atom. The molecule has 0 spiro atoms. The zero-order valence-electron chi connectivity index (χ0n) is 7.08.